The molecule has 19 heavy (non-hydrogen) atoms. The zero-order valence-corrected chi connectivity index (χ0v) is 11.4. The van der Waals surface area contributed by atoms with E-state index in [1.165, 1.54) is 12.1 Å². The zero-order chi connectivity index (χ0) is 14.0. The Bertz CT molecular complexity index is 617. The second-order valence-electron chi connectivity index (χ2n) is 4.46. The molecule has 4 heteroatoms. The van der Waals surface area contributed by atoms with Crippen LogP contribution in [0.4, 0.5) is 4.39 Å². The average Bonchev–Trinajstić information content (AvgIpc) is 2.75. The first-order valence-electron chi connectivity index (χ1n) is 6.42. The van der Waals surface area contributed by atoms with E-state index >= 15 is 0 Å². The summed E-state index contributed by atoms with van der Waals surface area (Å²) in [5.41, 5.74) is 3.62. The monoisotopic (exact) mass is 260 g/mol. The fraction of sp³-hybridized carbons (Fsp3) is 0.333. The molecule has 0 aliphatic carbocycles. The molecule has 0 unspecified atom stereocenters. The lowest BCUT2D eigenvalue weighted by atomic mass is 9.98. The van der Waals surface area contributed by atoms with Gasteiger partial charge in [-0.3, -0.25) is 9.48 Å². The minimum Gasteiger partial charge on any atom is -0.298 e. The maximum absolute atomic E-state index is 14.1. The van der Waals surface area contributed by atoms with Gasteiger partial charge < -0.3 is 0 Å². The van der Waals surface area contributed by atoms with Crippen molar-refractivity contribution in [1.29, 1.82) is 0 Å². The van der Waals surface area contributed by atoms with Crippen LogP contribution in [0.15, 0.2) is 18.2 Å². The zero-order valence-electron chi connectivity index (χ0n) is 11.4. The molecule has 0 aliphatic heterocycles. The van der Waals surface area contributed by atoms with Crippen molar-refractivity contribution in [2.24, 2.45) is 7.05 Å². The lowest BCUT2D eigenvalue weighted by Crippen LogP contribution is -1.98. The molecule has 1 heterocycles. The summed E-state index contributed by atoms with van der Waals surface area (Å²) in [6.45, 7) is 4.01. The Balaban J connectivity index is 2.73. The molecule has 2 aromatic rings. The number of aryl methyl sites for hydroxylation is 2. The maximum Gasteiger partial charge on any atom is 0.150 e. The molecule has 0 amide bonds. The Labute approximate surface area is 112 Å². The standard InChI is InChI=1S/C15H17FN2O/c1-4-13-15(14(5-2)18(3)17-13)11-8-10(9-19)6-7-12(11)16/h6-9H,4-5H2,1-3H3. The van der Waals surface area contributed by atoms with Crippen molar-refractivity contribution in [3.8, 4) is 11.1 Å². The largest absolute Gasteiger partial charge is 0.298 e. The van der Waals surface area contributed by atoms with Gasteiger partial charge in [0.15, 0.2) is 0 Å². The highest BCUT2D eigenvalue weighted by Crippen LogP contribution is 2.31. The van der Waals surface area contributed by atoms with Crippen molar-refractivity contribution < 1.29 is 9.18 Å². The molecular formula is C15H17FN2O. The summed E-state index contributed by atoms with van der Waals surface area (Å²) < 4.78 is 15.9. The van der Waals surface area contributed by atoms with E-state index in [2.05, 4.69) is 5.10 Å². The Morgan fingerprint density at radius 3 is 2.63 bits per heavy atom. The molecule has 1 aromatic carbocycles. The minimum atomic E-state index is -0.317. The highest BCUT2D eigenvalue weighted by molar-refractivity contribution is 5.80. The summed E-state index contributed by atoms with van der Waals surface area (Å²) in [7, 11) is 1.86. The lowest BCUT2D eigenvalue weighted by Gasteiger charge is -2.07. The van der Waals surface area contributed by atoms with Crippen molar-refractivity contribution in [3.05, 3.63) is 41.0 Å². The number of carbonyl (C=O) groups excluding carboxylic acids is 1. The third-order valence-electron chi connectivity index (χ3n) is 3.30. The smallest absolute Gasteiger partial charge is 0.150 e. The van der Waals surface area contributed by atoms with E-state index in [1.807, 2.05) is 20.9 Å². The Morgan fingerprint density at radius 1 is 1.32 bits per heavy atom. The van der Waals surface area contributed by atoms with Crippen LogP contribution >= 0.6 is 0 Å². The predicted octanol–water partition coefficient (Wildman–Crippen LogP) is 3.16. The minimum absolute atomic E-state index is 0.317. The number of hydrogen-bond acceptors (Lipinski definition) is 2. The molecule has 3 nitrogen and oxygen atoms in total. The van der Waals surface area contributed by atoms with Gasteiger partial charge >= 0.3 is 0 Å². The van der Waals surface area contributed by atoms with Gasteiger partial charge in [-0.15, -0.1) is 0 Å². The van der Waals surface area contributed by atoms with Gasteiger partial charge in [0, 0.05) is 29.4 Å². The molecular weight excluding hydrogens is 243 g/mol. The first kappa shape index (κ1) is 13.5. The van der Waals surface area contributed by atoms with E-state index in [1.54, 1.807) is 10.7 Å². The fourth-order valence-corrected chi connectivity index (χ4v) is 2.39. The molecule has 0 saturated carbocycles. The lowest BCUT2D eigenvalue weighted by molar-refractivity contribution is 0.112. The van der Waals surface area contributed by atoms with Gasteiger partial charge in [0.25, 0.3) is 0 Å². The van der Waals surface area contributed by atoms with E-state index in [4.69, 9.17) is 0 Å². The van der Waals surface area contributed by atoms with Crippen LogP contribution in [0.3, 0.4) is 0 Å². The van der Waals surface area contributed by atoms with Gasteiger partial charge in [0.05, 0.1) is 5.69 Å². The van der Waals surface area contributed by atoms with Gasteiger partial charge in [-0.05, 0) is 31.0 Å². The quantitative estimate of drug-likeness (QED) is 0.791. The highest BCUT2D eigenvalue weighted by Gasteiger charge is 2.18. The molecule has 0 saturated heterocycles. The molecule has 0 radical (unpaired) electrons. The van der Waals surface area contributed by atoms with E-state index < -0.39 is 0 Å². The number of rotatable bonds is 4. The van der Waals surface area contributed by atoms with Crippen LogP contribution in [0, 0.1) is 5.82 Å². The van der Waals surface area contributed by atoms with E-state index in [0.717, 1.165) is 36.1 Å². The molecule has 0 N–H and O–H groups in total. The van der Waals surface area contributed by atoms with Crippen LogP contribution in [-0.4, -0.2) is 16.1 Å². The van der Waals surface area contributed by atoms with Crippen LogP contribution in [0.5, 0.6) is 0 Å². The Kier molecular flexibility index (Phi) is 3.79. The first-order chi connectivity index (χ1) is 9.12. The van der Waals surface area contributed by atoms with Crippen molar-refractivity contribution in [1.82, 2.24) is 9.78 Å². The molecule has 0 atom stereocenters. The van der Waals surface area contributed by atoms with E-state index in [9.17, 15) is 9.18 Å². The number of hydrogen-bond donors (Lipinski definition) is 0. The third kappa shape index (κ3) is 2.30. The number of nitrogens with zero attached hydrogens (tertiary/aromatic N) is 2. The van der Waals surface area contributed by atoms with Gasteiger partial charge in [-0.25, -0.2) is 4.39 Å². The summed E-state index contributed by atoms with van der Waals surface area (Å²) >= 11 is 0. The summed E-state index contributed by atoms with van der Waals surface area (Å²) in [6.07, 6.45) is 2.23. The summed E-state index contributed by atoms with van der Waals surface area (Å²) in [5.74, 6) is -0.317. The molecule has 0 spiro atoms. The van der Waals surface area contributed by atoms with Crippen molar-refractivity contribution >= 4 is 6.29 Å². The van der Waals surface area contributed by atoms with Crippen LogP contribution in [0.2, 0.25) is 0 Å². The van der Waals surface area contributed by atoms with Crippen LogP contribution < -0.4 is 0 Å². The molecule has 0 aliphatic rings. The Morgan fingerprint density at radius 2 is 2.05 bits per heavy atom. The van der Waals surface area contributed by atoms with Gasteiger partial charge in [-0.2, -0.15) is 5.10 Å². The SMILES string of the molecule is CCc1nn(C)c(CC)c1-c1cc(C=O)ccc1F. The first-order valence-corrected chi connectivity index (χ1v) is 6.42. The third-order valence-corrected chi connectivity index (χ3v) is 3.30. The number of halogens is 1. The topological polar surface area (TPSA) is 34.9 Å². The molecule has 1 aromatic heterocycles. The van der Waals surface area contributed by atoms with Gasteiger partial charge in [-0.1, -0.05) is 13.8 Å². The van der Waals surface area contributed by atoms with Gasteiger partial charge in [0.2, 0.25) is 0 Å². The van der Waals surface area contributed by atoms with E-state index in [-0.39, 0.29) is 5.82 Å². The number of carbonyl (C=O) groups is 1. The number of benzene rings is 1. The van der Waals surface area contributed by atoms with Crippen LogP contribution in [0.1, 0.15) is 35.6 Å². The molecule has 2 rings (SSSR count). The fourth-order valence-electron chi connectivity index (χ4n) is 2.39. The van der Waals surface area contributed by atoms with E-state index in [0.29, 0.717) is 11.1 Å². The Hall–Kier alpha value is -1.97. The highest BCUT2D eigenvalue weighted by atomic mass is 19.1. The second kappa shape index (κ2) is 5.34. The van der Waals surface area contributed by atoms with Crippen molar-refractivity contribution in [2.45, 2.75) is 26.7 Å². The molecule has 100 valence electrons. The van der Waals surface area contributed by atoms with Gasteiger partial charge in [0.1, 0.15) is 12.1 Å². The predicted molar refractivity (Wildman–Crippen MR) is 72.7 cm³/mol. The summed E-state index contributed by atoms with van der Waals surface area (Å²) in [6, 6.07) is 4.42. The normalized spacial score (nSPS) is 10.7. The van der Waals surface area contributed by atoms with Crippen LogP contribution in [-0.2, 0) is 19.9 Å². The van der Waals surface area contributed by atoms with Crippen molar-refractivity contribution in [2.75, 3.05) is 0 Å². The maximum atomic E-state index is 14.1. The molecule has 0 bridgehead atoms. The van der Waals surface area contributed by atoms with Crippen molar-refractivity contribution in [3.63, 3.8) is 0 Å². The molecule has 0 fully saturated rings. The second-order valence-corrected chi connectivity index (χ2v) is 4.46. The number of aromatic nitrogens is 2. The average molecular weight is 260 g/mol. The van der Waals surface area contributed by atoms with Crippen LogP contribution in [0.25, 0.3) is 11.1 Å². The summed E-state index contributed by atoms with van der Waals surface area (Å²) in [4.78, 5) is 10.9. The summed E-state index contributed by atoms with van der Waals surface area (Å²) in [5, 5.41) is 4.43. The number of aldehydes is 1.